The van der Waals surface area contributed by atoms with E-state index in [2.05, 4.69) is 10.3 Å². The molecule has 5 rings (SSSR count). The van der Waals surface area contributed by atoms with Crippen LogP contribution in [0.5, 0.6) is 11.5 Å². The van der Waals surface area contributed by atoms with Crippen LogP contribution in [0.1, 0.15) is 19.3 Å². The smallest absolute Gasteiger partial charge is 0.243 e. The van der Waals surface area contributed by atoms with Crippen molar-refractivity contribution in [3.63, 3.8) is 0 Å². The summed E-state index contributed by atoms with van der Waals surface area (Å²) in [6, 6.07) is 10.2. The van der Waals surface area contributed by atoms with Crippen LogP contribution in [0.2, 0.25) is 0 Å². The fourth-order valence-corrected chi connectivity index (χ4v) is 5.42. The molecule has 3 aromatic rings. The SMILES string of the molecule is O=C(CCn1cnc2cc(S(=O)(=O)N3CCCC3)ccc21)Nc1ccc2c(c1)OCO2. The Morgan fingerprint density at radius 1 is 1.06 bits per heavy atom. The van der Waals surface area contributed by atoms with Crippen LogP contribution in [-0.4, -0.2) is 48.1 Å². The van der Waals surface area contributed by atoms with Gasteiger partial charge in [-0.05, 0) is 43.2 Å². The number of anilines is 1. The van der Waals surface area contributed by atoms with Gasteiger partial charge in [-0.2, -0.15) is 4.31 Å². The van der Waals surface area contributed by atoms with Crippen molar-refractivity contribution >= 4 is 32.7 Å². The molecule has 1 fully saturated rings. The molecule has 1 saturated heterocycles. The van der Waals surface area contributed by atoms with Crippen molar-refractivity contribution in [3.05, 3.63) is 42.7 Å². The number of aromatic nitrogens is 2. The first-order chi connectivity index (χ1) is 15.0. The fraction of sp³-hybridized carbons (Fsp3) is 0.333. The lowest BCUT2D eigenvalue weighted by atomic mass is 10.2. The number of benzene rings is 2. The molecule has 0 aliphatic carbocycles. The number of sulfonamides is 1. The Kier molecular flexibility index (Phi) is 5.03. The van der Waals surface area contributed by atoms with Gasteiger partial charge in [0, 0.05) is 37.8 Å². The number of fused-ring (bicyclic) bond motifs is 2. The Morgan fingerprint density at radius 2 is 1.87 bits per heavy atom. The largest absolute Gasteiger partial charge is 0.454 e. The van der Waals surface area contributed by atoms with Crippen molar-refractivity contribution in [3.8, 4) is 11.5 Å². The number of aryl methyl sites for hydroxylation is 1. The lowest BCUT2D eigenvalue weighted by Crippen LogP contribution is -2.27. The first-order valence-corrected chi connectivity index (χ1v) is 11.6. The quantitative estimate of drug-likeness (QED) is 0.630. The third-order valence-electron chi connectivity index (χ3n) is 5.53. The zero-order valence-electron chi connectivity index (χ0n) is 16.8. The molecule has 9 nitrogen and oxygen atoms in total. The van der Waals surface area contributed by atoms with Gasteiger partial charge in [0.25, 0.3) is 0 Å². The molecule has 2 aliphatic rings. The van der Waals surface area contributed by atoms with E-state index in [1.54, 1.807) is 42.7 Å². The molecule has 0 unspecified atom stereocenters. The molecule has 2 aliphatic heterocycles. The summed E-state index contributed by atoms with van der Waals surface area (Å²) in [5.74, 6) is 1.13. The van der Waals surface area contributed by atoms with E-state index in [4.69, 9.17) is 9.47 Å². The summed E-state index contributed by atoms with van der Waals surface area (Å²) in [6.07, 6.45) is 3.66. The second-order valence-electron chi connectivity index (χ2n) is 7.57. The summed E-state index contributed by atoms with van der Waals surface area (Å²) in [6.45, 7) is 1.73. The van der Waals surface area contributed by atoms with Crippen LogP contribution in [0.15, 0.2) is 47.6 Å². The summed E-state index contributed by atoms with van der Waals surface area (Å²) in [5, 5.41) is 2.85. The average Bonchev–Trinajstić information content (AvgIpc) is 3.52. The van der Waals surface area contributed by atoms with Crippen LogP contribution in [0.4, 0.5) is 5.69 Å². The number of hydrogen-bond acceptors (Lipinski definition) is 6. The van der Waals surface area contributed by atoms with Crippen LogP contribution >= 0.6 is 0 Å². The first kappa shape index (κ1) is 19.8. The van der Waals surface area contributed by atoms with E-state index >= 15 is 0 Å². The normalized spacial score (nSPS) is 16.1. The Labute approximate surface area is 179 Å². The second kappa shape index (κ2) is 7.86. The monoisotopic (exact) mass is 442 g/mol. The predicted octanol–water partition coefficient (Wildman–Crippen LogP) is 2.58. The molecule has 0 spiro atoms. The second-order valence-corrected chi connectivity index (χ2v) is 9.50. The molecule has 0 saturated carbocycles. The number of nitrogens with one attached hydrogen (secondary N) is 1. The maximum absolute atomic E-state index is 12.8. The van der Waals surface area contributed by atoms with Gasteiger partial charge in [0.15, 0.2) is 11.5 Å². The lowest BCUT2D eigenvalue weighted by Gasteiger charge is -2.15. The van der Waals surface area contributed by atoms with Gasteiger partial charge in [-0.25, -0.2) is 13.4 Å². The molecule has 31 heavy (non-hydrogen) atoms. The van der Waals surface area contributed by atoms with Crippen molar-refractivity contribution in [2.45, 2.75) is 30.7 Å². The lowest BCUT2D eigenvalue weighted by molar-refractivity contribution is -0.116. The number of hydrogen-bond donors (Lipinski definition) is 1. The Morgan fingerprint density at radius 3 is 2.71 bits per heavy atom. The number of amides is 1. The number of rotatable bonds is 6. The first-order valence-electron chi connectivity index (χ1n) is 10.2. The fourth-order valence-electron chi connectivity index (χ4n) is 3.88. The van der Waals surface area contributed by atoms with Crippen LogP contribution < -0.4 is 14.8 Å². The van der Waals surface area contributed by atoms with Crippen LogP contribution in [0.3, 0.4) is 0 Å². The maximum Gasteiger partial charge on any atom is 0.243 e. The summed E-state index contributed by atoms with van der Waals surface area (Å²) in [4.78, 5) is 17.0. The molecule has 0 radical (unpaired) electrons. The zero-order valence-corrected chi connectivity index (χ0v) is 17.6. The van der Waals surface area contributed by atoms with Crippen molar-refractivity contribution in [1.82, 2.24) is 13.9 Å². The molecule has 2 aromatic carbocycles. The van der Waals surface area contributed by atoms with Gasteiger partial charge in [-0.15, -0.1) is 0 Å². The highest BCUT2D eigenvalue weighted by atomic mass is 32.2. The zero-order chi connectivity index (χ0) is 21.4. The predicted molar refractivity (Wildman–Crippen MR) is 114 cm³/mol. The summed E-state index contributed by atoms with van der Waals surface area (Å²) in [5.41, 5.74) is 2.02. The Balaban J connectivity index is 1.26. The number of nitrogens with zero attached hydrogens (tertiary/aromatic N) is 3. The van der Waals surface area contributed by atoms with E-state index in [1.807, 2.05) is 4.57 Å². The van der Waals surface area contributed by atoms with Gasteiger partial charge in [-0.1, -0.05) is 0 Å². The van der Waals surface area contributed by atoms with Gasteiger partial charge < -0.3 is 19.4 Å². The van der Waals surface area contributed by atoms with E-state index < -0.39 is 10.0 Å². The number of carbonyl (C=O) groups is 1. The topological polar surface area (TPSA) is 103 Å². The highest BCUT2D eigenvalue weighted by molar-refractivity contribution is 7.89. The minimum absolute atomic E-state index is 0.144. The number of imidazole rings is 1. The molecule has 10 heteroatoms. The Bertz CT molecular complexity index is 1250. The molecule has 0 atom stereocenters. The standard InChI is InChI=1S/C21H22N4O5S/c26-21(23-15-3-6-19-20(11-15)30-14-29-19)7-10-24-13-22-17-12-16(4-5-18(17)24)31(27,28)25-8-1-2-9-25/h3-6,11-13H,1-2,7-10,14H2,(H,23,26). The van der Waals surface area contributed by atoms with Gasteiger partial charge >= 0.3 is 0 Å². The summed E-state index contributed by atoms with van der Waals surface area (Å²) in [7, 11) is -3.48. The van der Waals surface area contributed by atoms with E-state index in [1.165, 1.54) is 4.31 Å². The minimum atomic E-state index is -3.48. The summed E-state index contributed by atoms with van der Waals surface area (Å²) >= 11 is 0. The molecule has 0 bridgehead atoms. The Hall–Kier alpha value is -3.11. The van der Waals surface area contributed by atoms with Gasteiger partial charge in [-0.3, -0.25) is 4.79 Å². The highest BCUT2D eigenvalue weighted by Crippen LogP contribution is 2.34. The van der Waals surface area contributed by atoms with Crippen LogP contribution in [-0.2, 0) is 21.4 Å². The van der Waals surface area contributed by atoms with Gasteiger partial charge in [0.2, 0.25) is 22.7 Å². The average molecular weight is 442 g/mol. The van der Waals surface area contributed by atoms with Crippen molar-refractivity contribution in [2.75, 3.05) is 25.2 Å². The molecule has 1 N–H and O–H groups in total. The molecule has 1 amide bonds. The van der Waals surface area contributed by atoms with E-state index in [-0.39, 0.29) is 24.0 Å². The van der Waals surface area contributed by atoms with Crippen molar-refractivity contribution in [1.29, 1.82) is 0 Å². The van der Waals surface area contributed by atoms with E-state index in [9.17, 15) is 13.2 Å². The van der Waals surface area contributed by atoms with Gasteiger partial charge in [0.05, 0.1) is 22.3 Å². The highest BCUT2D eigenvalue weighted by Gasteiger charge is 2.27. The summed E-state index contributed by atoms with van der Waals surface area (Å²) < 4.78 is 39.5. The molecule has 162 valence electrons. The molecular formula is C21H22N4O5S. The number of ether oxygens (including phenoxy) is 2. The third-order valence-corrected chi connectivity index (χ3v) is 7.43. The third kappa shape index (κ3) is 3.84. The van der Waals surface area contributed by atoms with Crippen molar-refractivity contribution in [2.24, 2.45) is 0 Å². The van der Waals surface area contributed by atoms with E-state index in [0.717, 1.165) is 18.4 Å². The molecule has 1 aromatic heterocycles. The van der Waals surface area contributed by atoms with Gasteiger partial charge in [0.1, 0.15) is 0 Å². The minimum Gasteiger partial charge on any atom is -0.454 e. The molecule has 3 heterocycles. The number of carbonyl (C=O) groups excluding carboxylic acids is 1. The van der Waals surface area contributed by atoms with Crippen LogP contribution in [0.25, 0.3) is 11.0 Å². The van der Waals surface area contributed by atoms with E-state index in [0.29, 0.717) is 42.3 Å². The molecular weight excluding hydrogens is 420 g/mol. The van der Waals surface area contributed by atoms with Crippen molar-refractivity contribution < 1.29 is 22.7 Å². The maximum atomic E-state index is 12.8. The van der Waals surface area contributed by atoms with Crippen LogP contribution in [0, 0.1) is 0 Å².